The second-order valence-electron chi connectivity index (χ2n) is 7.15. The number of hydrogen-bond donors (Lipinski definition) is 0. The second kappa shape index (κ2) is 14.7. The maximum atomic E-state index is 13.2. The van der Waals surface area contributed by atoms with Gasteiger partial charge in [-0.25, -0.2) is 8.78 Å². The summed E-state index contributed by atoms with van der Waals surface area (Å²) in [5, 5.41) is 0. The van der Waals surface area contributed by atoms with Crippen LogP contribution in [0.4, 0.5) is 8.78 Å². The zero-order chi connectivity index (χ0) is 22.4. The molecule has 0 spiro atoms. The topological polar surface area (TPSA) is 12.9 Å². The fourth-order valence-electron chi connectivity index (χ4n) is 2.31. The van der Waals surface area contributed by atoms with E-state index in [4.69, 9.17) is 0 Å². The smallest absolute Gasteiger partial charge is 0.159 e. The zero-order valence-corrected chi connectivity index (χ0v) is 19.2. The third kappa shape index (κ3) is 10.2. The van der Waals surface area contributed by atoms with Crippen LogP contribution in [0.1, 0.15) is 78.5 Å². The van der Waals surface area contributed by atoms with Crippen molar-refractivity contribution >= 4 is 5.57 Å². The van der Waals surface area contributed by atoms with Crippen LogP contribution >= 0.6 is 0 Å². The minimum atomic E-state index is -0.844. The molecule has 160 valence electrons. The lowest BCUT2D eigenvalue weighted by molar-refractivity contribution is 0.509. The lowest BCUT2D eigenvalue weighted by atomic mass is 10.0. The van der Waals surface area contributed by atoms with Crippen LogP contribution in [0.15, 0.2) is 48.7 Å². The molecule has 29 heavy (non-hydrogen) atoms. The Morgan fingerprint density at radius 1 is 1.00 bits per heavy atom. The van der Waals surface area contributed by atoms with Crippen molar-refractivity contribution in [1.82, 2.24) is 4.98 Å². The standard InChI is InChI=1S/C16H15F2N.C5H10.C5H12/c1-4-10(2)16-11(3)7-13(9-19-16)12-5-6-14(17)15(18)8-12;1-4-5(2)3;1-3-5-4-2/h4-9H,1-3H3;2,4H2,1,3H3;3-5H2,1-2H3/b10-4-;;. The first kappa shape index (κ1) is 26.7. The van der Waals surface area contributed by atoms with Crippen molar-refractivity contribution < 1.29 is 8.78 Å². The Hall–Kier alpha value is -2.29. The molecule has 0 saturated carbocycles. The maximum Gasteiger partial charge on any atom is 0.159 e. The fraction of sp³-hybridized carbons (Fsp3) is 0.423. The largest absolute Gasteiger partial charge is 0.256 e. The third-order valence-electron chi connectivity index (χ3n) is 4.45. The SMILES string of the molecule is C/C=C(/C)c1ncc(-c2ccc(F)c(F)c2)cc1C.C=C(C)CC.CCCCC. The molecule has 0 fully saturated rings. The van der Waals surface area contributed by atoms with Crippen molar-refractivity contribution in [3.63, 3.8) is 0 Å². The van der Waals surface area contributed by atoms with Crippen LogP contribution in [-0.4, -0.2) is 4.98 Å². The number of allylic oxidation sites excluding steroid dienone is 3. The zero-order valence-electron chi connectivity index (χ0n) is 19.2. The molecule has 0 amide bonds. The Morgan fingerprint density at radius 3 is 1.97 bits per heavy atom. The van der Waals surface area contributed by atoms with Crippen LogP contribution in [0.25, 0.3) is 16.7 Å². The van der Waals surface area contributed by atoms with Gasteiger partial charge in [-0.2, -0.15) is 0 Å². The molecular formula is C26H37F2N. The number of rotatable bonds is 5. The molecule has 1 heterocycles. The van der Waals surface area contributed by atoms with E-state index in [0.717, 1.165) is 34.9 Å². The average Bonchev–Trinajstić information content (AvgIpc) is 2.71. The van der Waals surface area contributed by atoms with E-state index in [1.807, 2.05) is 39.8 Å². The molecule has 1 nitrogen and oxygen atoms in total. The Morgan fingerprint density at radius 2 is 1.59 bits per heavy atom. The van der Waals surface area contributed by atoms with E-state index in [2.05, 4.69) is 32.3 Å². The molecule has 0 N–H and O–H groups in total. The van der Waals surface area contributed by atoms with E-state index in [9.17, 15) is 8.78 Å². The van der Waals surface area contributed by atoms with Crippen LogP contribution in [0.5, 0.6) is 0 Å². The minimum absolute atomic E-state index is 0.624. The Labute approximate surface area is 176 Å². The van der Waals surface area contributed by atoms with E-state index < -0.39 is 11.6 Å². The molecule has 3 heteroatoms. The molecular weight excluding hydrogens is 364 g/mol. The van der Waals surface area contributed by atoms with Gasteiger partial charge in [-0.05, 0) is 69.0 Å². The minimum Gasteiger partial charge on any atom is -0.256 e. The Bertz CT molecular complexity index is 789. The molecule has 1 aromatic heterocycles. The molecule has 0 radical (unpaired) electrons. The summed E-state index contributed by atoms with van der Waals surface area (Å²) < 4.78 is 26.1. The number of halogens is 2. The van der Waals surface area contributed by atoms with Crippen LogP contribution in [0.2, 0.25) is 0 Å². The van der Waals surface area contributed by atoms with Crippen LogP contribution < -0.4 is 0 Å². The first-order valence-electron chi connectivity index (χ1n) is 10.4. The molecule has 0 aliphatic rings. The number of benzene rings is 1. The molecule has 0 saturated heterocycles. The summed E-state index contributed by atoms with van der Waals surface area (Å²) in [7, 11) is 0. The van der Waals surface area contributed by atoms with Gasteiger partial charge >= 0.3 is 0 Å². The third-order valence-corrected chi connectivity index (χ3v) is 4.45. The van der Waals surface area contributed by atoms with Gasteiger partial charge in [-0.3, -0.25) is 4.98 Å². The summed E-state index contributed by atoms with van der Waals surface area (Å²) in [6.07, 6.45) is 8.86. The molecule has 0 aliphatic carbocycles. The van der Waals surface area contributed by atoms with Crippen LogP contribution in [0, 0.1) is 18.6 Å². The summed E-state index contributed by atoms with van der Waals surface area (Å²) in [6.45, 7) is 18.1. The predicted octanol–water partition coefficient (Wildman–Crippen LogP) is 8.93. The lowest BCUT2D eigenvalue weighted by Crippen LogP contribution is -1.93. The second-order valence-corrected chi connectivity index (χ2v) is 7.15. The predicted molar refractivity (Wildman–Crippen MR) is 124 cm³/mol. The number of aromatic nitrogens is 1. The normalized spacial score (nSPS) is 10.4. The lowest BCUT2D eigenvalue weighted by Gasteiger charge is -2.08. The highest BCUT2D eigenvalue weighted by molar-refractivity contribution is 5.68. The Kier molecular flexibility index (Phi) is 13.5. The van der Waals surface area contributed by atoms with Gasteiger partial charge in [0, 0.05) is 11.8 Å². The number of nitrogens with zero attached hydrogens (tertiary/aromatic N) is 1. The quantitative estimate of drug-likeness (QED) is 0.456. The van der Waals surface area contributed by atoms with Gasteiger partial charge in [0.05, 0.1) is 5.69 Å². The van der Waals surface area contributed by atoms with Gasteiger partial charge in [0.25, 0.3) is 0 Å². The number of unbranched alkanes of at least 4 members (excludes halogenated alkanes) is 2. The monoisotopic (exact) mass is 401 g/mol. The first-order valence-corrected chi connectivity index (χ1v) is 10.4. The molecule has 2 rings (SSSR count). The van der Waals surface area contributed by atoms with Crippen molar-refractivity contribution in [3.05, 3.63) is 71.6 Å². The van der Waals surface area contributed by atoms with Gasteiger partial charge in [-0.15, -0.1) is 6.58 Å². The summed E-state index contributed by atoms with van der Waals surface area (Å²) in [5.74, 6) is -1.68. The highest BCUT2D eigenvalue weighted by Crippen LogP contribution is 2.25. The van der Waals surface area contributed by atoms with E-state index in [-0.39, 0.29) is 0 Å². The molecule has 0 unspecified atom stereocenters. The maximum absolute atomic E-state index is 13.2. The fourth-order valence-corrected chi connectivity index (χ4v) is 2.31. The summed E-state index contributed by atoms with van der Waals surface area (Å²) >= 11 is 0. The van der Waals surface area contributed by atoms with Crippen LogP contribution in [0.3, 0.4) is 0 Å². The Balaban J connectivity index is 0.000000653. The van der Waals surface area contributed by atoms with Crippen molar-refractivity contribution in [2.45, 2.75) is 74.1 Å². The van der Waals surface area contributed by atoms with Crippen molar-refractivity contribution in [3.8, 4) is 11.1 Å². The van der Waals surface area contributed by atoms with E-state index in [1.54, 1.807) is 12.3 Å². The van der Waals surface area contributed by atoms with Crippen molar-refractivity contribution in [2.75, 3.05) is 0 Å². The van der Waals surface area contributed by atoms with Crippen molar-refractivity contribution in [2.24, 2.45) is 0 Å². The average molecular weight is 402 g/mol. The number of hydrogen-bond acceptors (Lipinski definition) is 1. The highest BCUT2D eigenvalue weighted by atomic mass is 19.2. The molecule has 0 bridgehead atoms. The van der Waals surface area contributed by atoms with Gasteiger partial charge in [0.2, 0.25) is 0 Å². The van der Waals surface area contributed by atoms with Gasteiger partial charge < -0.3 is 0 Å². The van der Waals surface area contributed by atoms with Gasteiger partial charge in [0.1, 0.15) is 0 Å². The molecule has 1 aromatic carbocycles. The first-order chi connectivity index (χ1) is 13.7. The summed E-state index contributed by atoms with van der Waals surface area (Å²) in [6, 6.07) is 5.80. The van der Waals surface area contributed by atoms with E-state index >= 15 is 0 Å². The van der Waals surface area contributed by atoms with E-state index in [1.165, 1.54) is 30.9 Å². The van der Waals surface area contributed by atoms with Gasteiger partial charge in [-0.1, -0.05) is 57.7 Å². The van der Waals surface area contributed by atoms with E-state index in [0.29, 0.717) is 5.56 Å². The summed E-state index contributed by atoms with van der Waals surface area (Å²) in [5.41, 5.74) is 5.69. The van der Waals surface area contributed by atoms with Crippen molar-refractivity contribution in [1.29, 1.82) is 0 Å². The summed E-state index contributed by atoms with van der Waals surface area (Å²) in [4.78, 5) is 4.39. The highest BCUT2D eigenvalue weighted by Gasteiger charge is 2.07. The van der Waals surface area contributed by atoms with Crippen LogP contribution in [-0.2, 0) is 0 Å². The molecule has 0 aliphatic heterocycles. The molecule has 2 aromatic rings. The van der Waals surface area contributed by atoms with Gasteiger partial charge in [0.15, 0.2) is 11.6 Å². The number of pyridine rings is 1. The molecule has 0 atom stereocenters. The number of aryl methyl sites for hydroxylation is 1.